The lowest BCUT2D eigenvalue weighted by atomic mass is 10.1. The third-order valence-corrected chi connectivity index (χ3v) is 6.44. The van der Waals surface area contributed by atoms with Crippen LogP contribution in [-0.2, 0) is 14.6 Å². The number of nitrogens with one attached hydrogen (secondary N) is 1. The maximum absolute atomic E-state index is 12.8. The highest BCUT2D eigenvalue weighted by molar-refractivity contribution is 9.10. The Labute approximate surface area is 156 Å². The molecule has 7 heteroatoms. The minimum absolute atomic E-state index is 0.0198. The summed E-state index contributed by atoms with van der Waals surface area (Å²) in [5.74, 6) is 0.0107. The van der Waals surface area contributed by atoms with Crippen LogP contribution >= 0.6 is 15.9 Å². The molecule has 3 rings (SSSR count). The maximum atomic E-state index is 12.8. The summed E-state index contributed by atoms with van der Waals surface area (Å²) >= 11 is 3.37. The molecule has 5 nitrogen and oxygen atoms in total. The van der Waals surface area contributed by atoms with Gasteiger partial charge >= 0.3 is 0 Å². The molecule has 1 fully saturated rings. The van der Waals surface area contributed by atoms with Crippen molar-refractivity contribution in [2.45, 2.75) is 12.5 Å². The fourth-order valence-electron chi connectivity index (χ4n) is 2.96. The van der Waals surface area contributed by atoms with Crippen molar-refractivity contribution in [3.8, 4) is 0 Å². The smallest absolute Gasteiger partial charge is 0.246 e. The summed E-state index contributed by atoms with van der Waals surface area (Å²) in [6, 6.07) is 16.5. The van der Waals surface area contributed by atoms with Crippen LogP contribution in [0.2, 0.25) is 0 Å². The third kappa shape index (κ3) is 4.61. The quantitative estimate of drug-likeness (QED) is 0.803. The lowest BCUT2D eigenvalue weighted by molar-refractivity contribution is -0.117. The van der Waals surface area contributed by atoms with Crippen molar-refractivity contribution >= 4 is 43.0 Å². The first-order chi connectivity index (χ1) is 11.9. The number of anilines is 2. The van der Waals surface area contributed by atoms with E-state index in [-0.39, 0.29) is 30.0 Å². The molecule has 1 aliphatic heterocycles. The van der Waals surface area contributed by atoms with E-state index < -0.39 is 9.84 Å². The van der Waals surface area contributed by atoms with Crippen LogP contribution in [0.3, 0.4) is 0 Å². The van der Waals surface area contributed by atoms with Crippen molar-refractivity contribution < 1.29 is 13.2 Å². The Morgan fingerprint density at radius 2 is 1.80 bits per heavy atom. The van der Waals surface area contributed by atoms with Crippen molar-refractivity contribution in [1.82, 2.24) is 0 Å². The SMILES string of the molecule is O=C(CNc1ccc(Br)cc1)N(c1ccccc1)[C@@H]1CCS(=O)(=O)C1. The molecule has 132 valence electrons. The van der Waals surface area contributed by atoms with Crippen molar-refractivity contribution in [3.63, 3.8) is 0 Å². The summed E-state index contributed by atoms with van der Waals surface area (Å²) in [7, 11) is -3.07. The van der Waals surface area contributed by atoms with E-state index in [1.807, 2.05) is 54.6 Å². The van der Waals surface area contributed by atoms with Gasteiger partial charge in [-0.1, -0.05) is 34.1 Å². The lowest BCUT2D eigenvalue weighted by Crippen LogP contribution is -2.44. The van der Waals surface area contributed by atoms with Gasteiger partial charge in [0.15, 0.2) is 9.84 Å². The number of sulfone groups is 1. The first-order valence-electron chi connectivity index (χ1n) is 8.01. The van der Waals surface area contributed by atoms with Gasteiger partial charge in [-0.05, 0) is 42.8 Å². The van der Waals surface area contributed by atoms with Gasteiger partial charge in [0.2, 0.25) is 5.91 Å². The summed E-state index contributed by atoms with van der Waals surface area (Å²) in [5, 5.41) is 3.10. The highest BCUT2D eigenvalue weighted by Gasteiger charge is 2.35. The fourth-order valence-corrected chi connectivity index (χ4v) is 4.92. The van der Waals surface area contributed by atoms with Crippen LogP contribution in [-0.4, -0.2) is 38.4 Å². The van der Waals surface area contributed by atoms with Crippen LogP contribution in [0.1, 0.15) is 6.42 Å². The zero-order valence-electron chi connectivity index (χ0n) is 13.6. The van der Waals surface area contributed by atoms with E-state index in [4.69, 9.17) is 0 Å². The van der Waals surface area contributed by atoms with Gasteiger partial charge in [-0.15, -0.1) is 0 Å². The number of hydrogen-bond acceptors (Lipinski definition) is 4. The van der Waals surface area contributed by atoms with Crippen molar-refractivity contribution in [2.24, 2.45) is 0 Å². The summed E-state index contributed by atoms with van der Waals surface area (Å²) in [6.45, 7) is 0.104. The normalized spacial score (nSPS) is 18.7. The Balaban J connectivity index is 1.76. The zero-order chi connectivity index (χ0) is 17.9. The zero-order valence-corrected chi connectivity index (χ0v) is 16.0. The Morgan fingerprint density at radius 3 is 2.40 bits per heavy atom. The van der Waals surface area contributed by atoms with Gasteiger partial charge in [0.25, 0.3) is 0 Å². The fraction of sp³-hybridized carbons (Fsp3) is 0.278. The molecular weight excluding hydrogens is 404 g/mol. The van der Waals surface area contributed by atoms with Gasteiger partial charge in [-0.2, -0.15) is 0 Å². The topological polar surface area (TPSA) is 66.5 Å². The van der Waals surface area contributed by atoms with E-state index in [0.29, 0.717) is 6.42 Å². The molecule has 0 saturated carbocycles. The number of nitrogens with zero attached hydrogens (tertiary/aromatic N) is 1. The minimum atomic E-state index is -3.07. The van der Waals surface area contributed by atoms with Crippen molar-refractivity contribution in [2.75, 3.05) is 28.3 Å². The molecule has 0 unspecified atom stereocenters. The molecule has 0 bridgehead atoms. The van der Waals surface area contributed by atoms with E-state index in [0.717, 1.165) is 15.8 Å². The van der Waals surface area contributed by atoms with E-state index >= 15 is 0 Å². The van der Waals surface area contributed by atoms with Gasteiger partial charge < -0.3 is 10.2 Å². The Morgan fingerprint density at radius 1 is 1.12 bits per heavy atom. The van der Waals surface area contributed by atoms with Crippen LogP contribution in [0.15, 0.2) is 59.1 Å². The third-order valence-electron chi connectivity index (χ3n) is 4.16. The average molecular weight is 423 g/mol. The Kier molecular flexibility index (Phi) is 5.44. The second kappa shape index (κ2) is 7.58. The second-order valence-electron chi connectivity index (χ2n) is 6.02. The average Bonchev–Trinajstić information content (AvgIpc) is 2.95. The molecular formula is C18H19BrN2O3S. The molecule has 1 amide bonds. The molecule has 0 radical (unpaired) electrons. The molecule has 1 heterocycles. The number of carbonyl (C=O) groups is 1. The molecule has 1 atom stereocenters. The summed E-state index contributed by atoms with van der Waals surface area (Å²) in [6.07, 6.45) is 0.473. The highest BCUT2D eigenvalue weighted by Crippen LogP contribution is 2.24. The Bertz CT molecular complexity index is 838. The van der Waals surface area contributed by atoms with E-state index in [9.17, 15) is 13.2 Å². The molecule has 0 aromatic heterocycles. The monoisotopic (exact) mass is 422 g/mol. The van der Waals surface area contributed by atoms with E-state index in [1.54, 1.807) is 4.90 Å². The lowest BCUT2D eigenvalue weighted by Gasteiger charge is -2.28. The predicted octanol–water partition coefficient (Wildman–Crippen LogP) is 3.08. The second-order valence-corrected chi connectivity index (χ2v) is 9.16. The molecule has 2 aromatic carbocycles. The van der Waals surface area contributed by atoms with Crippen LogP contribution in [0.4, 0.5) is 11.4 Å². The first kappa shape index (κ1) is 17.9. The predicted molar refractivity (Wildman–Crippen MR) is 104 cm³/mol. The van der Waals surface area contributed by atoms with Gasteiger partial charge in [-0.3, -0.25) is 4.79 Å². The van der Waals surface area contributed by atoms with Gasteiger partial charge in [0, 0.05) is 15.8 Å². The summed E-state index contributed by atoms with van der Waals surface area (Å²) in [4.78, 5) is 14.5. The van der Waals surface area contributed by atoms with Crippen LogP contribution in [0.25, 0.3) is 0 Å². The van der Waals surface area contributed by atoms with Gasteiger partial charge in [0.1, 0.15) is 0 Å². The standard InChI is InChI=1S/C18H19BrN2O3S/c19-14-6-8-15(9-7-14)20-12-18(22)21(16-4-2-1-3-5-16)17-10-11-25(23,24)13-17/h1-9,17,20H,10-13H2/t17-/m1/s1. The Hall–Kier alpha value is -1.86. The molecule has 25 heavy (non-hydrogen) atoms. The number of amides is 1. The molecule has 1 saturated heterocycles. The molecule has 1 aliphatic rings. The number of rotatable bonds is 5. The molecule has 1 N–H and O–H groups in total. The number of halogens is 1. The van der Waals surface area contributed by atoms with Gasteiger partial charge in [0.05, 0.1) is 24.1 Å². The van der Waals surface area contributed by atoms with Crippen LogP contribution in [0, 0.1) is 0 Å². The first-order valence-corrected chi connectivity index (χ1v) is 10.6. The van der Waals surface area contributed by atoms with E-state index in [2.05, 4.69) is 21.2 Å². The number of carbonyl (C=O) groups excluding carboxylic acids is 1. The minimum Gasteiger partial charge on any atom is -0.376 e. The van der Waals surface area contributed by atoms with Crippen molar-refractivity contribution in [3.05, 3.63) is 59.1 Å². The summed E-state index contributed by atoms with van der Waals surface area (Å²) < 4.78 is 24.7. The highest BCUT2D eigenvalue weighted by atomic mass is 79.9. The summed E-state index contributed by atoms with van der Waals surface area (Å²) in [5.41, 5.74) is 1.57. The van der Waals surface area contributed by atoms with Gasteiger partial charge in [-0.25, -0.2) is 8.42 Å². The molecule has 0 aliphatic carbocycles. The van der Waals surface area contributed by atoms with Crippen LogP contribution < -0.4 is 10.2 Å². The number of benzene rings is 2. The maximum Gasteiger partial charge on any atom is 0.246 e. The van der Waals surface area contributed by atoms with Crippen LogP contribution in [0.5, 0.6) is 0 Å². The van der Waals surface area contributed by atoms with E-state index in [1.165, 1.54) is 0 Å². The largest absolute Gasteiger partial charge is 0.376 e. The molecule has 2 aromatic rings. The number of para-hydroxylation sites is 1. The van der Waals surface area contributed by atoms with Crippen molar-refractivity contribution in [1.29, 1.82) is 0 Å². The molecule has 0 spiro atoms. The number of hydrogen-bond donors (Lipinski definition) is 1.